The minimum atomic E-state index is -0.430. The van der Waals surface area contributed by atoms with Crippen molar-refractivity contribution in [3.63, 3.8) is 0 Å². The number of ether oxygens (including phenoxy) is 3. The monoisotopic (exact) mass is 472 g/mol. The average Bonchev–Trinajstić information content (AvgIpc) is 2.91. The molecule has 2 bridgehead atoms. The topological polar surface area (TPSA) is 60.9 Å². The number of carbonyl (C=O) groups excluding carboxylic acids is 1. The number of benzene rings is 2. The summed E-state index contributed by atoms with van der Waals surface area (Å²) in [6.07, 6.45) is 5.56. The zero-order chi connectivity index (χ0) is 24.4. The molecule has 5 atom stereocenters. The second-order valence-electron chi connectivity index (χ2n) is 9.31. The predicted molar refractivity (Wildman–Crippen MR) is 136 cm³/mol. The Bertz CT molecular complexity index is 1210. The van der Waals surface area contributed by atoms with Crippen molar-refractivity contribution in [2.45, 2.75) is 31.9 Å². The molecule has 3 aliphatic heterocycles. The summed E-state index contributed by atoms with van der Waals surface area (Å²) in [6, 6.07) is 15.0. The van der Waals surface area contributed by atoms with E-state index >= 15 is 0 Å². The maximum Gasteiger partial charge on any atom is 0.338 e. The van der Waals surface area contributed by atoms with Gasteiger partial charge in [-0.3, -0.25) is 9.88 Å². The van der Waals surface area contributed by atoms with Crippen molar-refractivity contribution in [3.8, 4) is 11.5 Å². The van der Waals surface area contributed by atoms with Crippen LogP contribution in [0.5, 0.6) is 11.5 Å². The zero-order valence-corrected chi connectivity index (χ0v) is 20.4. The molecule has 0 spiro atoms. The molecule has 6 rings (SSSR count). The quantitative estimate of drug-likeness (QED) is 0.322. The highest BCUT2D eigenvalue weighted by molar-refractivity contribution is 5.90. The van der Waals surface area contributed by atoms with Gasteiger partial charge in [0.1, 0.15) is 17.6 Å². The molecule has 6 heteroatoms. The molecule has 3 aliphatic rings. The molecule has 182 valence electrons. The van der Waals surface area contributed by atoms with E-state index in [0.717, 1.165) is 53.9 Å². The molecule has 0 radical (unpaired) electrons. The Morgan fingerprint density at radius 1 is 1.20 bits per heavy atom. The van der Waals surface area contributed by atoms with Crippen molar-refractivity contribution >= 4 is 16.9 Å². The number of pyridine rings is 1. The summed E-state index contributed by atoms with van der Waals surface area (Å²) in [6.45, 7) is 8.52. The average molecular weight is 473 g/mol. The van der Waals surface area contributed by atoms with Gasteiger partial charge in [-0.2, -0.15) is 0 Å². The van der Waals surface area contributed by atoms with Crippen LogP contribution < -0.4 is 9.47 Å². The summed E-state index contributed by atoms with van der Waals surface area (Å²) >= 11 is 0. The van der Waals surface area contributed by atoms with Gasteiger partial charge in [-0.1, -0.05) is 6.08 Å². The summed E-state index contributed by atoms with van der Waals surface area (Å²) in [4.78, 5) is 20.4. The highest BCUT2D eigenvalue weighted by Gasteiger charge is 2.44. The largest absolute Gasteiger partial charge is 0.497 e. The van der Waals surface area contributed by atoms with Gasteiger partial charge in [-0.05, 0) is 86.7 Å². The van der Waals surface area contributed by atoms with Gasteiger partial charge in [-0.15, -0.1) is 6.58 Å². The van der Waals surface area contributed by atoms with E-state index in [0.29, 0.717) is 24.0 Å². The van der Waals surface area contributed by atoms with Crippen molar-refractivity contribution < 1.29 is 19.0 Å². The van der Waals surface area contributed by atoms with Crippen LogP contribution in [-0.4, -0.2) is 48.7 Å². The molecule has 5 unspecified atom stereocenters. The number of fused-ring (bicyclic) bond motifs is 4. The van der Waals surface area contributed by atoms with E-state index in [9.17, 15) is 4.79 Å². The molecule has 1 aromatic heterocycles. The van der Waals surface area contributed by atoms with Crippen molar-refractivity contribution in [2.75, 3.05) is 26.8 Å². The van der Waals surface area contributed by atoms with Gasteiger partial charge in [0.15, 0.2) is 0 Å². The maximum atomic E-state index is 13.4. The van der Waals surface area contributed by atoms with Crippen LogP contribution in [0.1, 0.15) is 41.8 Å². The van der Waals surface area contributed by atoms with E-state index in [1.165, 1.54) is 0 Å². The van der Waals surface area contributed by atoms with E-state index in [1.54, 1.807) is 25.4 Å². The standard InChI is InChI=1S/C29H32N2O4/c1-4-19-18-31-15-13-21(19)16-27(31)28(35-29(32)20-6-8-22(9-7-20)34-5-2)24-12-14-30-26-11-10-23(33-3)17-25(24)26/h4,6-12,14,17,19,21,27-28H,1,5,13,15-16,18H2,2-3H3. The minimum absolute atomic E-state index is 0.0911. The van der Waals surface area contributed by atoms with E-state index in [2.05, 4.69) is 22.5 Å². The first-order valence-electron chi connectivity index (χ1n) is 12.3. The van der Waals surface area contributed by atoms with Crippen molar-refractivity contribution in [1.82, 2.24) is 9.88 Å². The van der Waals surface area contributed by atoms with Crippen LogP contribution in [0.3, 0.4) is 0 Å². The van der Waals surface area contributed by atoms with Gasteiger partial charge >= 0.3 is 5.97 Å². The SMILES string of the molecule is C=CC1CN2CCC1CC2C(OC(=O)c1ccc(OCC)cc1)c1ccnc2ccc(OC)cc12. The Morgan fingerprint density at radius 3 is 2.69 bits per heavy atom. The lowest BCUT2D eigenvalue weighted by Gasteiger charge is -2.51. The number of hydrogen-bond acceptors (Lipinski definition) is 6. The van der Waals surface area contributed by atoms with Crippen LogP contribution in [0.4, 0.5) is 0 Å². The fraction of sp³-hybridized carbons (Fsp3) is 0.379. The van der Waals surface area contributed by atoms with Gasteiger partial charge in [0.05, 0.1) is 30.8 Å². The zero-order valence-electron chi connectivity index (χ0n) is 20.4. The molecule has 3 aromatic rings. The molecule has 0 N–H and O–H groups in total. The summed E-state index contributed by atoms with van der Waals surface area (Å²) < 4.78 is 17.4. The molecule has 6 nitrogen and oxygen atoms in total. The lowest BCUT2D eigenvalue weighted by atomic mass is 9.73. The minimum Gasteiger partial charge on any atom is -0.497 e. The molecule has 3 fully saturated rings. The van der Waals surface area contributed by atoms with Crippen LogP contribution in [0.2, 0.25) is 0 Å². The number of nitrogens with zero attached hydrogens (tertiary/aromatic N) is 2. The fourth-order valence-corrected chi connectivity index (χ4v) is 5.60. The third-order valence-corrected chi connectivity index (χ3v) is 7.43. The lowest BCUT2D eigenvalue weighted by molar-refractivity contribution is -0.0568. The Hall–Kier alpha value is -3.38. The molecule has 0 amide bonds. The highest BCUT2D eigenvalue weighted by atomic mass is 16.5. The van der Waals surface area contributed by atoms with Crippen molar-refractivity contribution in [1.29, 1.82) is 0 Å². The van der Waals surface area contributed by atoms with Gasteiger partial charge in [0, 0.05) is 23.7 Å². The number of methoxy groups -OCH3 is 1. The van der Waals surface area contributed by atoms with E-state index in [4.69, 9.17) is 14.2 Å². The summed E-state index contributed by atoms with van der Waals surface area (Å²) in [5.74, 6) is 2.18. The number of hydrogen-bond donors (Lipinski definition) is 0. The molecular weight excluding hydrogens is 440 g/mol. The number of piperidine rings is 3. The number of rotatable bonds is 8. The molecule has 0 aliphatic carbocycles. The van der Waals surface area contributed by atoms with Crippen LogP contribution in [0.25, 0.3) is 10.9 Å². The molecule has 2 aromatic carbocycles. The summed E-state index contributed by atoms with van der Waals surface area (Å²) in [7, 11) is 1.65. The Balaban J connectivity index is 1.52. The lowest BCUT2D eigenvalue weighted by Crippen LogP contribution is -2.55. The van der Waals surface area contributed by atoms with Gasteiger partial charge in [-0.25, -0.2) is 4.79 Å². The Labute approximate surface area is 206 Å². The van der Waals surface area contributed by atoms with Crippen LogP contribution >= 0.6 is 0 Å². The van der Waals surface area contributed by atoms with Gasteiger partial charge in [0.25, 0.3) is 0 Å². The van der Waals surface area contributed by atoms with Gasteiger partial charge < -0.3 is 14.2 Å². The predicted octanol–water partition coefficient (Wildman–Crippen LogP) is 5.44. The molecule has 3 saturated heterocycles. The molecular formula is C29H32N2O4. The summed E-state index contributed by atoms with van der Waals surface area (Å²) in [5.41, 5.74) is 2.32. The molecule has 35 heavy (non-hydrogen) atoms. The highest BCUT2D eigenvalue weighted by Crippen LogP contribution is 2.44. The number of aromatic nitrogens is 1. The number of carbonyl (C=O) groups is 1. The third kappa shape index (κ3) is 4.63. The van der Waals surface area contributed by atoms with Crippen LogP contribution in [0, 0.1) is 11.8 Å². The Morgan fingerprint density at radius 2 is 2.00 bits per heavy atom. The fourth-order valence-electron chi connectivity index (χ4n) is 5.60. The van der Waals surface area contributed by atoms with E-state index < -0.39 is 6.10 Å². The first kappa shape index (κ1) is 23.4. The van der Waals surface area contributed by atoms with E-state index in [-0.39, 0.29) is 12.0 Å². The first-order chi connectivity index (χ1) is 17.1. The maximum absolute atomic E-state index is 13.4. The van der Waals surface area contributed by atoms with Crippen LogP contribution in [-0.2, 0) is 4.74 Å². The van der Waals surface area contributed by atoms with Crippen molar-refractivity contribution in [3.05, 3.63) is 78.5 Å². The summed E-state index contributed by atoms with van der Waals surface area (Å²) in [5, 5.41) is 0.944. The molecule has 4 heterocycles. The first-order valence-corrected chi connectivity index (χ1v) is 12.3. The van der Waals surface area contributed by atoms with Crippen molar-refractivity contribution in [2.24, 2.45) is 11.8 Å². The third-order valence-electron chi connectivity index (χ3n) is 7.43. The van der Waals surface area contributed by atoms with Gasteiger partial charge in [0.2, 0.25) is 0 Å². The van der Waals surface area contributed by atoms with E-state index in [1.807, 2.05) is 43.3 Å². The van der Waals surface area contributed by atoms with Crippen LogP contribution in [0.15, 0.2) is 67.4 Å². The normalized spacial score (nSPS) is 24.1. The smallest absolute Gasteiger partial charge is 0.338 e. The second kappa shape index (κ2) is 10.1. The number of esters is 1. The molecule has 0 saturated carbocycles. The second-order valence-corrected chi connectivity index (χ2v) is 9.31. The Kier molecular flexibility index (Phi) is 6.73.